The van der Waals surface area contributed by atoms with Crippen molar-refractivity contribution >= 4 is 21.6 Å². The fourth-order valence-electron chi connectivity index (χ4n) is 1.90. The van der Waals surface area contributed by atoms with Gasteiger partial charge in [-0.15, -0.1) is 0 Å². The molecule has 2 nitrogen and oxygen atoms in total. The van der Waals surface area contributed by atoms with Gasteiger partial charge in [-0.3, -0.25) is 0 Å². The zero-order valence-electron chi connectivity index (χ0n) is 11.1. The highest BCUT2D eigenvalue weighted by Gasteiger charge is 2.12. The maximum atomic E-state index is 13.9. The average Bonchev–Trinajstić information content (AvgIpc) is 2.42. The molecule has 0 aliphatic heterocycles. The molecule has 0 aromatic heterocycles. The molecule has 0 spiro atoms. The Balaban J connectivity index is 2.19. The molecule has 2 aromatic carbocycles. The highest BCUT2D eigenvalue weighted by molar-refractivity contribution is 9.10. The van der Waals surface area contributed by atoms with Gasteiger partial charge in [0.15, 0.2) is 0 Å². The van der Waals surface area contributed by atoms with Gasteiger partial charge in [0, 0.05) is 17.3 Å². The Hall–Kier alpha value is -1.62. The van der Waals surface area contributed by atoms with Crippen LogP contribution in [0.5, 0.6) is 5.75 Å². The van der Waals surface area contributed by atoms with E-state index in [2.05, 4.69) is 21.2 Å². The summed E-state index contributed by atoms with van der Waals surface area (Å²) in [5.41, 5.74) is 1.23. The van der Waals surface area contributed by atoms with Crippen LogP contribution in [0.1, 0.15) is 18.5 Å². The monoisotopic (exact) mass is 341 g/mol. The van der Waals surface area contributed by atoms with Crippen LogP contribution in [0.3, 0.4) is 0 Å². The molecule has 0 amide bonds. The van der Waals surface area contributed by atoms with E-state index in [0.29, 0.717) is 21.5 Å². The normalized spacial score (nSPS) is 12.1. The van der Waals surface area contributed by atoms with Gasteiger partial charge >= 0.3 is 0 Å². The Labute approximate surface area is 124 Å². The van der Waals surface area contributed by atoms with Crippen LogP contribution in [0.2, 0.25) is 0 Å². The first-order chi connectivity index (χ1) is 9.51. The Bertz CT molecular complexity index is 619. The van der Waals surface area contributed by atoms with Crippen molar-refractivity contribution in [2.24, 2.45) is 0 Å². The van der Waals surface area contributed by atoms with Gasteiger partial charge in [0.2, 0.25) is 0 Å². The van der Waals surface area contributed by atoms with Crippen LogP contribution in [-0.2, 0) is 0 Å². The van der Waals surface area contributed by atoms with Gasteiger partial charge < -0.3 is 10.1 Å². The summed E-state index contributed by atoms with van der Waals surface area (Å²) in [7, 11) is 1.49. The molecule has 0 aliphatic carbocycles. The Morgan fingerprint density at radius 1 is 1.10 bits per heavy atom. The third-order valence-electron chi connectivity index (χ3n) is 2.98. The van der Waals surface area contributed by atoms with Crippen molar-refractivity contribution in [2.45, 2.75) is 13.0 Å². The van der Waals surface area contributed by atoms with Crippen molar-refractivity contribution in [2.75, 3.05) is 12.4 Å². The summed E-state index contributed by atoms with van der Waals surface area (Å²) < 4.78 is 32.4. The molecule has 5 heteroatoms. The molecule has 0 radical (unpaired) electrons. The molecule has 0 bridgehead atoms. The molecule has 0 heterocycles. The third kappa shape index (κ3) is 3.28. The summed E-state index contributed by atoms with van der Waals surface area (Å²) in [4.78, 5) is 0. The van der Waals surface area contributed by atoms with E-state index in [1.54, 1.807) is 24.3 Å². The molecular formula is C15H14BrF2NO. The largest absolute Gasteiger partial charge is 0.497 e. The minimum atomic E-state index is -0.342. The average molecular weight is 342 g/mol. The predicted octanol–water partition coefficient (Wildman–Crippen LogP) is 4.91. The van der Waals surface area contributed by atoms with E-state index < -0.39 is 0 Å². The van der Waals surface area contributed by atoms with Crippen LogP contribution in [0.4, 0.5) is 14.5 Å². The number of hydrogen-bond acceptors (Lipinski definition) is 2. The van der Waals surface area contributed by atoms with Crippen LogP contribution in [0.15, 0.2) is 40.9 Å². The molecule has 0 aliphatic rings. The number of ether oxygens (including phenoxy) is 1. The van der Waals surface area contributed by atoms with Crippen LogP contribution >= 0.6 is 15.9 Å². The van der Waals surface area contributed by atoms with E-state index in [0.717, 1.165) is 0 Å². The van der Waals surface area contributed by atoms with Gasteiger partial charge in [-0.1, -0.05) is 6.07 Å². The highest BCUT2D eigenvalue weighted by Crippen LogP contribution is 2.26. The zero-order chi connectivity index (χ0) is 14.7. The summed E-state index contributed by atoms with van der Waals surface area (Å²) in [6.45, 7) is 1.84. The molecular weight excluding hydrogens is 328 g/mol. The lowest BCUT2D eigenvalue weighted by Crippen LogP contribution is -2.08. The van der Waals surface area contributed by atoms with Gasteiger partial charge in [0.1, 0.15) is 17.4 Å². The number of nitrogens with one attached hydrogen (secondary N) is 1. The van der Waals surface area contributed by atoms with Crippen LogP contribution < -0.4 is 10.1 Å². The van der Waals surface area contributed by atoms with Gasteiger partial charge in [0.25, 0.3) is 0 Å². The minimum absolute atomic E-state index is 0.252. The van der Waals surface area contributed by atoms with Gasteiger partial charge in [-0.2, -0.15) is 0 Å². The molecule has 1 N–H and O–H groups in total. The molecule has 1 unspecified atom stereocenters. The van der Waals surface area contributed by atoms with Crippen molar-refractivity contribution in [3.63, 3.8) is 0 Å². The Morgan fingerprint density at radius 2 is 1.85 bits per heavy atom. The van der Waals surface area contributed by atoms with Crippen molar-refractivity contribution < 1.29 is 13.5 Å². The second-order valence-corrected chi connectivity index (χ2v) is 5.24. The van der Waals surface area contributed by atoms with Crippen molar-refractivity contribution in [3.8, 4) is 5.75 Å². The number of methoxy groups -OCH3 is 1. The highest BCUT2D eigenvalue weighted by atomic mass is 79.9. The first-order valence-electron chi connectivity index (χ1n) is 6.06. The maximum Gasteiger partial charge on any atom is 0.137 e. The van der Waals surface area contributed by atoms with Gasteiger partial charge in [-0.05, 0) is 47.1 Å². The molecule has 2 aromatic rings. The smallest absolute Gasteiger partial charge is 0.137 e. The maximum absolute atomic E-state index is 13.9. The minimum Gasteiger partial charge on any atom is -0.497 e. The zero-order valence-corrected chi connectivity index (χ0v) is 12.7. The van der Waals surface area contributed by atoms with E-state index in [-0.39, 0.29) is 17.7 Å². The number of hydrogen-bond donors (Lipinski definition) is 1. The standard InChI is InChI=1S/C15H14BrF2NO/c1-9(12-5-4-11(20-2)8-15(12)18)19-10-3-6-14(17)13(16)7-10/h3-9,19H,1-2H3. The Kier molecular flexibility index (Phi) is 4.60. The van der Waals surface area contributed by atoms with E-state index >= 15 is 0 Å². The summed E-state index contributed by atoms with van der Waals surface area (Å²) in [5, 5.41) is 3.13. The molecule has 0 saturated carbocycles. The lowest BCUT2D eigenvalue weighted by Gasteiger charge is -2.17. The summed E-state index contributed by atoms with van der Waals surface area (Å²) >= 11 is 3.12. The van der Waals surface area contributed by atoms with Crippen LogP contribution in [-0.4, -0.2) is 7.11 Å². The van der Waals surface area contributed by atoms with E-state index in [1.807, 2.05) is 6.92 Å². The molecule has 1 atom stereocenters. The SMILES string of the molecule is COc1ccc(C(C)Nc2ccc(F)c(Br)c2)c(F)c1. The molecule has 20 heavy (non-hydrogen) atoms. The van der Waals surface area contributed by atoms with E-state index in [4.69, 9.17) is 4.74 Å². The van der Waals surface area contributed by atoms with Gasteiger partial charge in [-0.25, -0.2) is 8.78 Å². The van der Waals surface area contributed by atoms with Crippen LogP contribution in [0.25, 0.3) is 0 Å². The lowest BCUT2D eigenvalue weighted by atomic mass is 10.1. The second-order valence-electron chi connectivity index (χ2n) is 4.38. The first kappa shape index (κ1) is 14.8. The van der Waals surface area contributed by atoms with Crippen molar-refractivity contribution in [1.82, 2.24) is 0 Å². The summed E-state index contributed by atoms with van der Waals surface area (Å²) in [5.74, 6) is -0.202. The topological polar surface area (TPSA) is 21.3 Å². The lowest BCUT2D eigenvalue weighted by molar-refractivity contribution is 0.410. The fraction of sp³-hybridized carbons (Fsp3) is 0.200. The molecule has 0 fully saturated rings. The third-order valence-corrected chi connectivity index (χ3v) is 3.58. The van der Waals surface area contributed by atoms with E-state index in [1.165, 1.54) is 19.2 Å². The quantitative estimate of drug-likeness (QED) is 0.853. The fourth-order valence-corrected chi connectivity index (χ4v) is 2.28. The summed E-state index contributed by atoms with van der Waals surface area (Å²) in [6, 6.07) is 9.04. The first-order valence-corrected chi connectivity index (χ1v) is 6.85. The van der Waals surface area contributed by atoms with Crippen LogP contribution in [0, 0.1) is 11.6 Å². The second kappa shape index (κ2) is 6.22. The van der Waals surface area contributed by atoms with E-state index in [9.17, 15) is 8.78 Å². The molecule has 0 saturated heterocycles. The molecule has 2 rings (SSSR count). The number of benzene rings is 2. The number of anilines is 1. The molecule has 106 valence electrons. The van der Waals surface area contributed by atoms with Gasteiger partial charge in [0.05, 0.1) is 17.6 Å². The summed E-state index contributed by atoms with van der Waals surface area (Å²) in [6.07, 6.45) is 0. The Morgan fingerprint density at radius 3 is 2.45 bits per heavy atom. The number of rotatable bonds is 4. The van der Waals surface area contributed by atoms with Crippen molar-refractivity contribution in [3.05, 3.63) is 58.1 Å². The number of halogens is 3. The predicted molar refractivity (Wildman–Crippen MR) is 79.1 cm³/mol. The van der Waals surface area contributed by atoms with Crippen molar-refractivity contribution in [1.29, 1.82) is 0 Å².